The molecule has 0 aromatic heterocycles. The molecule has 2 amide bonds. The predicted molar refractivity (Wildman–Crippen MR) is 475 cm³/mol. The van der Waals surface area contributed by atoms with E-state index in [2.05, 4.69) is 31.2 Å². The Hall–Kier alpha value is -8.59. The largest absolute Gasteiger partial charge is 0.430 e. The zero-order valence-electron chi connectivity index (χ0n) is 73.9. The van der Waals surface area contributed by atoms with Crippen molar-refractivity contribution in [1.29, 1.82) is 0 Å². The number of nitrogens with zero attached hydrogens (tertiary/aromatic N) is 3. The van der Waals surface area contributed by atoms with Crippen molar-refractivity contribution < 1.29 is 83.1 Å². The van der Waals surface area contributed by atoms with Gasteiger partial charge in [-0.1, -0.05) is 115 Å². The van der Waals surface area contributed by atoms with Gasteiger partial charge >= 0.3 is 27.4 Å². The van der Waals surface area contributed by atoms with Gasteiger partial charge in [0.1, 0.15) is 23.0 Å². The molecular formula is C95H121N3O18S4. The summed E-state index contributed by atoms with van der Waals surface area (Å²) in [5.74, 6) is 2.71. The summed E-state index contributed by atoms with van der Waals surface area (Å²) < 4.78 is 76.3. The van der Waals surface area contributed by atoms with Crippen LogP contribution >= 0.6 is 23.5 Å². The van der Waals surface area contributed by atoms with Crippen LogP contribution in [0.5, 0.6) is 0 Å². The number of rotatable bonds is 18. The number of benzene rings is 4. The van der Waals surface area contributed by atoms with Crippen LogP contribution in [-0.2, 0) is 76.8 Å². The van der Waals surface area contributed by atoms with E-state index in [9.17, 15) is 60.0 Å². The minimum atomic E-state index is -3.81. The lowest BCUT2D eigenvalue weighted by Crippen LogP contribution is -2.27. The molecule has 0 bridgehead atoms. The molecule has 4 saturated heterocycles. The van der Waals surface area contributed by atoms with Crippen LogP contribution in [0.1, 0.15) is 208 Å². The molecule has 4 atom stereocenters. The van der Waals surface area contributed by atoms with Crippen molar-refractivity contribution in [3.63, 3.8) is 0 Å². The molecule has 4 aromatic carbocycles. The first-order chi connectivity index (χ1) is 56.2. The minimum Gasteiger partial charge on any atom is -0.430 e. The first-order valence-electron chi connectivity index (χ1n) is 41.7. The first kappa shape index (κ1) is 95.2. The van der Waals surface area contributed by atoms with Crippen molar-refractivity contribution >= 4 is 117 Å². The Labute approximate surface area is 719 Å². The fraction of sp³-hybridized carbons (Fsp3) is 0.505. The third-order valence-electron chi connectivity index (χ3n) is 22.9. The molecule has 0 N–H and O–H groups in total. The molecule has 4 aromatic rings. The van der Waals surface area contributed by atoms with Crippen molar-refractivity contribution in [3.8, 4) is 0 Å². The summed E-state index contributed by atoms with van der Waals surface area (Å²) >= 11 is 2.42. The molecule has 648 valence electrons. The second-order valence-corrected chi connectivity index (χ2v) is 40.4. The second kappa shape index (κ2) is 40.6. The molecule has 8 aliphatic rings. The highest BCUT2D eigenvalue weighted by Crippen LogP contribution is 2.46. The molecule has 4 fully saturated rings. The van der Waals surface area contributed by atoms with Crippen LogP contribution in [-0.4, -0.2) is 159 Å². The molecule has 0 spiro atoms. The maximum atomic E-state index is 13.5. The van der Waals surface area contributed by atoms with E-state index in [0.29, 0.717) is 133 Å². The van der Waals surface area contributed by atoms with E-state index in [1.807, 2.05) is 152 Å². The van der Waals surface area contributed by atoms with Crippen molar-refractivity contribution in [2.45, 2.75) is 202 Å². The fourth-order valence-electron chi connectivity index (χ4n) is 17.8. The van der Waals surface area contributed by atoms with Gasteiger partial charge in [-0.15, -0.1) is 0 Å². The smallest absolute Gasteiger partial charge is 0.372 e. The number of thioether (sulfide) groups is 2. The summed E-state index contributed by atoms with van der Waals surface area (Å²) in [7, 11) is -7.09. The minimum absolute atomic E-state index is 0.0592. The van der Waals surface area contributed by atoms with Crippen LogP contribution in [0.4, 0.5) is 9.59 Å². The molecule has 120 heavy (non-hydrogen) atoms. The zero-order chi connectivity index (χ0) is 88.5. The van der Waals surface area contributed by atoms with Gasteiger partial charge in [0.15, 0.2) is 23.1 Å². The molecule has 25 heteroatoms. The number of allylic oxidation sites excluding steroid dienone is 8. The molecule has 21 nitrogen and oxygen atoms in total. The monoisotopic (exact) mass is 1720 g/mol. The number of carbonyl (C=O) groups is 9. The van der Waals surface area contributed by atoms with Gasteiger partial charge in [-0.05, 0) is 257 Å². The molecule has 4 unspecified atom stereocenters. The Kier molecular flexibility index (Phi) is 32.2. The third-order valence-corrected chi connectivity index (χ3v) is 26.1. The highest BCUT2D eigenvalue weighted by Gasteiger charge is 2.42. The van der Waals surface area contributed by atoms with Gasteiger partial charge in [-0.2, -0.15) is 8.42 Å². The summed E-state index contributed by atoms with van der Waals surface area (Å²) in [6.07, 6.45) is 15.4. The zero-order valence-corrected chi connectivity index (χ0v) is 77.2. The quantitative estimate of drug-likeness (QED) is 0.0387. The summed E-state index contributed by atoms with van der Waals surface area (Å²) in [5, 5.41) is -0.284. The molecular weight excluding hydrogens is 1600 g/mol. The number of ketones is 4. The number of aryl methyl sites for hydroxylation is 12. The Morgan fingerprint density at radius 3 is 1.25 bits per heavy atom. The number of likely N-dealkylation sites (tertiary alicyclic amines) is 2. The lowest BCUT2D eigenvalue weighted by atomic mass is 9.87. The summed E-state index contributed by atoms with van der Waals surface area (Å²) in [5.41, 5.74) is 18.7. The van der Waals surface area contributed by atoms with Gasteiger partial charge in [-0.3, -0.25) is 38.4 Å². The van der Waals surface area contributed by atoms with Gasteiger partial charge in [0.2, 0.25) is 15.9 Å². The van der Waals surface area contributed by atoms with Crippen molar-refractivity contribution in [2.24, 2.45) is 35.0 Å². The van der Waals surface area contributed by atoms with E-state index >= 15 is 0 Å². The number of ether oxygens (including phenoxy) is 4. The number of Topliss-reactive ketones (excluding diaryl/α,β-unsaturated/α-hetero) is 4. The van der Waals surface area contributed by atoms with Crippen LogP contribution in [0.2, 0.25) is 0 Å². The fourth-order valence-corrected chi connectivity index (χ4v) is 20.2. The Morgan fingerprint density at radius 1 is 0.483 bits per heavy atom. The average molecular weight is 1720 g/mol. The lowest BCUT2D eigenvalue weighted by Gasteiger charge is -2.23. The normalized spacial score (nSPS) is 21.0. The maximum Gasteiger partial charge on any atom is 0.372 e. The van der Waals surface area contributed by atoms with E-state index in [-0.39, 0.29) is 87.0 Å². The topological polar surface area (TPSA) is 278 Å². The summed E-state index contributed by atoms with van der Waals surface area (Å²) in [4.78, 5) is 118. The highest BCUT2D eigenvalue weighted by molar-refractivity contribution is 8.13. The van der Waals surface area contributed by atoms with Crippen LogP contribution in [0.25, 0.3) is 22.3 Å². The molecule has 0 saturated carbocycles. The van der Waals surface area contributed by atoms with Gasteiger partial charge in [0, 0.05) is 120 Å². The molecule has 12 rings (SSSR count). The number of carbonyl (C=O) groups excluding carboxylic acids is 9. The Morgan fingerprint density at radius 2 is 0.867 bits per heavy atom. The molecule has 4 heterocycles. The van der Waals surface area contributed by atoms with E-state index in [1.54, 1.807) is 17.9 Å². The summed E-state index contributed by atoms with van der Waals surface area (Å²) in [6.45, 7) is 41.2. The van der Waals surface area contributed by atoms with Gasteiger partial charge in [0.05, 0.1) is 40.2 Å². The second-order valence-electron chi connectivity index (χ2n) is 34.5. The number of sulfonamides is 1. The van der Waals surface area contributed by atoms with E-state index < -0.39 is 31.5 Å². The predicted octanol–water partition coefficient (Wildman–Crippen LogP) is 18.1. The van der Waals surface area contributed by atoms with Crippen LogP contribution < -0.4 is 0 Å². The van der Waals surface area contributed by atoms with Crippen LogP contribution in [0.15, 0.2) is 107 Å². The lowest BCUT2D eigenvalue weighted by molar-refractivity contribution is -0.148. The molecule has 0 radical (unpaired) electrons. The molecule has 4 aliphatic carbocycles. The Balaban J connectivity index is 0.000000182. The SMILES string of the molecule is CC(=O)OC1=C(c2c(C)cc(C)cc2C)C(=O)/C(=C/C2CCN(C(C)=O)C2)C1.CCSC(=O)OC1=C(c2c(C)cc(C)cc2C)C(=O)/C(=C/C2CCN(C(=O)SCC)C2)C1.Cc1cc(C)c(C2=C(OC(=O)C(C)(C)C)CC(CCC3CCOCC3)C2=O)c(C)c1.Cc1cc(C)c(C2=C(OS(C)(=O)=O)C/C(=C\C3CCN(S(C)(=O)=O)C3)C2=O)c(C)c1. The number of hydrogen-bond acceptors (Lipinski definition) is 20. The van der Waals surface area contributed by atoms with E-state index in [4.69, 9.17) is 23.1 Å². The van der Waals surface area contributed by atoms with Gasteiger partial charge in [-0.25, -0.2) is 17.5 Å². The number of amides is 2. The average Bonchev–Trinajstić information content (AvgIpc) is 1.63. The van der Waals surface area contributed by atoms with Crippen LogP contribution in [0, 0.1) is 118 Å². The van der Waals surface area contributed by atoms with Gasteiger partial charge in [0.25, 0.3) is 5.24 Å². The number of hydrogen-bond donors (Lipinski definition) is 0. The number of esters is 2. The van der Waals surface area contributed by atoms with Gasteiger partial charge < -0.3 is 32.9 Å². The maximum absolute atomic E-state index is 13.5. The van der Waals surface area contributed by atoms with Crippen molar-refractivity contribution in [3.05, 3.63) is 196 Å². The highest BCUT2D eigenvalue weighted by atomic mass is 32.2. The first-order valence-corrected chi connectivity index (χ1v) is 47.3. The standard InChI is InChI=1S/C26H36O4.C25H31NO4S2.C23H27NO4.C21H27NO6S2/c1-16-13-17(2)22(18(3)14-16)23-21(30-25(28)26(4,5)6)15-20(24(23)27)8-7-19-9-11-29-12-10-19;1-6-31-24(28)26-9-8-18(14-26)12-19-13-20(30-25(29)32-7-2)22(23(19)27)21-16(4)10-15(3)11-17(21)5;1-13-8-14(2)21(15(3)9-13)22-20(28-17(5)26)11-19(23(22)27)10-18-6-7-24(12-18)16(4)25;1-13-8-14(2)19(15(3)9-13)20-18(28-30(5,26)27)11-17(21(20)23)10-16-6-7-22(12-16)29(4,24)25/h13-14,19-20H,7-12,15H2,1-6H3;10-12,18H,6-9,13-14H2,1-5H3;8-10,18H,6-7,11-12H2,1-5H3;8-10,16H,6-7,11-12H2,1-5H3/b;19-12+;19-10+;17-10+. The van der Waals surface area contributed by atoms with E-state index in [1.165, 1.54) is 34.8 Å². The van der Waals surface area contributed by atoms with Crippen molar-refractivity contribution in [2.75, 3.05) is 76.5 Å². The summed E-state index contributed by atoms with van der Waals surface area (Å²) in [6, 6.07) is 16.3. The third kappa shape index (κ3) is 24.2. The molecule has 4 aliphatic heterocycles. The Bertz CT molecular complexity index is 5140. The van der Waals surface area contributed by atoms with E-state index in [0.717, 1.165) is 153 Å². The van der Waals surface area contributed by atoms with Crippen molar-refractivity contribution in [1.82, 2.24) is 14.1 Å². The van der Waals surface area contributed by atoms with Crippen LogP contribution in [0.3, 0.4) is 0 Å².